The van der Waals surface area contributed by atoms with E-state index in [0.29, 0.717) is 32.1 Å². The van der Waals surface area contributed by atoms with E-state index in [1.54, 1.807) is 37.3 Å². The Morgan fingerprint density at radius 3 is 2.92 bits per heavy atom. The van der Waals surface area contributed by atoms with Crippen LogP contribution in [0.5, 0.6) is 0 Å². The van der Waals surface area contributed by atoms with Crippen molar-refractivity contribution in [1.29, 1.82) is 0 Å². The molecule has 0 saturated carbocycles. The molecule has 0 fully saturated rings. The molecule has 8 nitrogen and oxygen atoms in total. The van der Waals surface area contributed by atoms with Crippen LogP contribution in [0.1, 0.15) is 11.3 Å². The highest BCUT2D eigenvalue weighted by molar-refractivity contribution is 7.15. The normalized spacial score (nSPS) is 12.1. The van der Waals surface area contributed by atoms with Crippen molar-refractivity contribution < 1.29 is 9.34 Å². The molecule has 0 radical (unpaired) electrons. The summed E-state index contributed by atoms with van der Waals surface area (Å²) in [6.45, 7) is 1.68. The standard InChI is InChI=1S/C16H10N4O4S/c1-9-2-3-10(6-12(9)20(22)23)13-5-4-11(24-13)7-14-15(21)19-16(25-14)17-8-18-19/h2-8H,1H3/b14-7+. The Morgan fingerprint density at radius 2 is 2.16 bits per heavy atom. The highest BCUT2D eigenvalue weighted by Crippen LogP contribution is 2.28. The molecule has 4 rings (SSSR count). The van der Waals surface area contributed by atoms with Gasteiger partial charge in [0.05, 0.1) is 4.92 Å². The molecule has 0 aliphatic carbocycles. The van der Waals surface area contributed by atoms with Crippen molar-refractivity contribution in [2.24, 2.45) is 0 Å². The van der Waals surface area contributed by atoms with Crippen LogP contribution in [0.4, 0.5) is 5.69 Å². The van der Waals surface area contributed by atoms with Gasteiger partial charge < -0.3 is 4.42 Å². The smallest absolute Gasteiger partial charge is 0.291 e. The Morgan fingerprint density at radius 1 is 1.32 bits per heavy atom. The first-order valence-electron chi connectivity index (χ1n) is 7.22. The van der Waals surface area contributed by atoms with Crippen molar-refractivity contribution in [3.8, 4) is 11.3 Å². The second-order valence-electron chi connectivity index (χ2n) is 5.33. The van der Waals surface area contributed by atoms with Crippen LogP contribution in [-0.2, 0) is 0 Å². The van der Waals surface area contributed by atoms with Gasteiger partial charge in [-0.15, -0.1) is 0 Å². The predicted octanol–water partition coefficient (Wildman–Crippen LogP) is 2.18. The van der Waals surface area contributed by atoms with E-state index in [4.69, 9.17) is 4.42 Å². The van der Waals surface area contributed by atoms with Gasteiger partial charge in [0.15, 0.2) is 0 Å². The summed E-state index contributed by atoms with van der Waals surface area (Å²) in [7, 11) is 0. The number of thiazole rings is 1. The van der Waals surface area contributed by atoms with Crippen LogP contribution in [0.15, 0.2) is 45.9 Å². The fraction of sp³-hybridized carbons (Fsp3) is 0.0625. The zero-order chi connectivity index (χ0) is 17.6. The first-order valence-corrected chi connectivity index (χ1v) is 8.04. The van der Waals surface area contributed by atoms with E-state index in [1.165, 1.54) is 28.2 Å². The van der Waals surface area contributed by atoms with Crippen LogP contribution in [-0.4, -0.2) is 19.5 Å². The average molecular weight is 354 g/mol. The highest BCUT2D eigenvalue weighted by Gasteiger charge is 2.14. The van der Waals surface area contributed by atoms with Gasteiger partial charge in [-0.1, -0.05) is 23.5 Å². The van der Waals surface area contributed by atoms with Gasteiger partial charge in [-0.2, -0.15) is 9.61 Å². The van der Waals surface area contributed by atoms with Crippen molar-refractivity contribution in [2.75, 3.05) is 0 Å². The molecule has 0 bridgehead atoms. The molecule has 0 spiro atoms. The van der Waals surface area contributed by atoms with Gasteiger partial charge in [-0.25, -0.2) is 4.98 Å². The SMILES string of the molecule is Cc1ccc(-c2ccc(/C=c3/sc4ncnn4c3=O)o2)cc1[N+](=O)[O-]. The number of hydrogen-bond acceptors (Lipinski definition) is 7. The Balaban J connectivity index is 1.76. The van der Waals surface area contributed by atoms with E-state index in [1.807, 2.05) is 0 Å². The second kappa shape index (κ2) is 5.64. The van der Waals surface area contributed by atoms with E-state index < -0.39 is 4.92 Å². The third-order valence-electron chi connectivity index (χ3n) is 3.71. The minimum Gasteiger partial charge on any atom is -0.457 e. The number of rotatable bonds is 3. The molecule has 4 aromatic rings. The fourth-order valence-corrected chi connectivity index (χ4v) is 3.31. The third kappa shape index (κ3) is 2.60. The third-order valence-corrected chi connectivity index (χ3v) is 4.68. The lowest BCUT2D eigenvalue weighted by Crippen LogP contribution is -2.23. The van der Waals surface area contributed by atoms with Crippen molar-refractivity contribution in [1.82, 2.24) is 14.6 Å². The first-order chi connectivity index (χ1) is 12.0. The van der Waals surface area contributed by atoms with Gasteiger partial charge in [0, 0.05) is 23.3 Å². The number of nitrogens with zero attached hydrogens (tertiary/aromatic N) is 4. The lowest BCUT2D eigenvalue weighted by Gasteiger charge is -2.00. The Hall–Kier alpha value is -3.33. The van der Waals surface area contributed by atoms with Crippen molar-refractivity contribution >= 4 is 28.1 Å². The number of hydrogen-bond donors (Lipinski definition) is 0. The molecule has 124 valence electrons. The van der Waals surface area contributed by atoms with E-state index in [0.717, 1.165) is 0 Å². The average Bonchev–Trinajstić information content (AvgIpc) is 3.28. The van der Waals surface area contributed by atoms with E-state index in [2.05, 4.69) is 10.1 Å². The number of aryl methyl sites for hydroxylation is 1. The summed E-state index contributed by atoms with van der Waals surface area (Å²) in [5.74, 6) is 0.959. The maximum atomic E-state index is 12.2. The summed E-state index contributed by atoms with van der Waals surface area (Å²) in [6, 6.07) is 8.32. The minimum atomic E-state index is -0.424. The minimum absolute atomic E-state index is 0.0341. The first kappa shape index (κ1) is 15.2. The summed E-state index contributed by atoms with van der Waals surface area (Å²) in [6.07, 6.45) is 2.93. The predicted molar refractivity (Wildman–Crippen MR) is 91.5 cm³/mol. The molecule has 0 atom stereocenters. The van der Waals surface area contributed by atoms with E-state index >= 15 is 0 Å². The van der Waals surface area contributed by atoms with Gasteiger partial charge in [0.2, 0.25) is 4.96 Å². The zero-order valence-electron chi connectivity index (χ0n) is 12.9. The molecule has 0 aliphatic rings. The number of nitro benzene ring substituents is 1. The zero-order valence-corrected chi connectivity index (χ0v) is 13.7. The molecule has 0 saturated heterocycles. The molecule has 3 heterocycles. The van der Waals surface area contributed by atoms with Crippen molar-refractivity contribution in [2.45, 2.75) is 6.92 Å². The topological polar surface area (TPSA) is 104 Å². The Kier molecular flexibility index (Phi) is 3.43. The number of fused-ring (bicyclic) bond motifs is 1. The van der Waals surface area contributed by atoms with Crippen LogP contribution in [0, 0.1) is 17.0 Å². The summed E-state index contributed by atoms with van der Waals surface area (Å²) < 4.78 is 7.39. The monoisotopic (exact) mass is 354 g/mol. The molecule has 0 amide bonds. The van der Waals surface area contributed by atoms with Gasteiger partial charge in [0.25, 0.3) is 11.2 Å². The van der Waals surface area contributed by atoms with E-state index in [9.17, 15) is 14.9 Å². The Bertz CT molecular complexity index is 1220. The van der Waals surface area contributed by atoms with Crippen LogP contribution in [0.2, 0.25) is 0 Å². The molecule has 9 heteroatoms. The summed E-state index contributed by atoms with van der Waals surface area (Å²) in [5.41, 5.74) is 0.952. The van der Waals surface area contributed by atoms with Gasteiger partial charge in [-0.05, 0) is 19.1 Å². The quantitative estimate of drug-likeness (QED) is 0.412. The summed E-state index contributed by atoms with van der Waals surface area (Å²) in [4.78, 5) is 27.3. The van der Waals surface area contributed by atoms with Gasteiger partial charge in [-0.3, -0.25) is 14.9 Å². The highest BCUT2D eigenvalue weighted by atomic mass is 32.1. The molecule has 0 aliphatic heterocycles. The number of nitro groups is 1. The number of benzene rings is 1. The lowest BCUT2D eigenvalue weighted by atomic mass is 10.1. The number of furan rings is 1. The Labute approximate surface area is 143 Å². The molecule has 1 aromatic carbocycles. The molecular formula is C16H10N4O4S. The van der Waals surface area contributed by atoms with Gasteiger partial charge >= 0.3 is 0 Å². The molecule has 0 unspecified atom stereocenters. The van der Waals surface area contributed by atoms with Crippen LogP contribution in [0.25, 0.3) is 22.4 Å². The van der Waals surface area contributed by atoms with Crippen molar-refractivity contribution in [3.05, 3.63) is 73.0 Å². The molecule has 25 heavy (non-hydrogen) atoms. The lowest BCUT2D eigenvalue weighted by molar-refractivity contribution is -0.385. The van der Waals surface area contributed by atoms with Crippen LogP contribution >= 0.6 is 11.3 Å². The summed E-state index contributed by atoms with van der Waals surface area (Å²) in [5, 5.41) is 14.9. The maximum absolute atomic E-state index is 12.2. The molecule has 3 aromatic heterocycles. The second-order valence-corrected chi connectivity index (χ2v) is 6.34. The van der Waals surface area contributed by atoms with E-state index in [-0.39, 0.29) is 11.2 Å². The molecular weight excluding hydrogens is 344 g/mol. The van der Waals surface area contributed by atoms with Crippen molar-refractivity contribution in [3.63, 3.8) is 0 Å². The van der Waals surface area contributed by atoms with Crippen LogP contribution in [0.3, 0.4) is 0 Å². The fourth-order valence-electron chi connectivity index (χ4n) is 2.45. The largest absolute Gasteiger partial charge is 0.457 e. The van der Waals surface area contributed by atoms with Gasteiger partial charge in [0.1, 0.15) is 22.4 Å². The van der Waals surface area contributed by atoms with Crippen LogP contribution < -0.4 is 10.1 Å². The maximum Gasteiger partial charge on any atom is 0.291 e. The summed E-state index contributed by atoms with van der Waals surface area (Å²) >= 11 is 1.21. The molecule has 0 N–H and O–H groups in total. The number of aromatic nitrogens is 3.